The molecule has 0 aliphatic heterocycles. The van der Waals surface area contributed by atoms with Gasteiger partial charge in [-0.05, 0) is 36.0 Å². The van der Waals surface area contributed by atoms with E-state index in [-0.39, 0.29) is 0 Å². The molecule has 0 radical (unpaired) electrons. The third-order valence-corrected chi connectivity index (χ3v) is 3.02. The molecular formula is C11H10N4OS. The third-order valence-electron chi connectivity index (χ3n) is 2.04. The zero-order valence-corrected chi connectivity index (χ0v) is 9.65. The van der Waals surface area contributed by atoms with Crippen molar-refractivity contribution in [2.75, 3.05) is 5.73 Å². The lowest BCUT2D eigenvalue weighted by atomic mass is 10.2. The van der Waals surface area contributed by atoms with Crippen molar-refractivity contribution in [1.82, 2.24) is 9.97 Å². The lowest BCUT2D eigenvalue weighted by Gasteiger charge is -2.05. The van der Waals surface area contributed by atoms with Crippen LogP contribution in [-0.2, 0) is 0 Å². The first-order valence-electron chi connectivity index (χ1n) is 4.81. The summed E-state index contributed by atoms with van der Waals surface area (Å²) >= 11 is 1.34. The maximum Gasteiger partial charge on any atom is 0.248 e. The van der Waals surface area contributed by atoms with E-state index in [1.165, 1.54) is 11.8 Å². The summed E-state index contributed by atoms with van der Waals surface area (Å²) in [5, 5.41) is 0.603. The third kappa shape index (κ3) is 2.73. The number of nitrogens with two attached hydrogens (primary N) is 2. The van der Waals surface area contributed by atoms with Gasteiger partial charge in [0.15, 0.2) is 5.16 Å². The van der Waals surface area contributed by atoms with E-state index < -0.39 is 5.91 Å². The molecule has 1 amide bonds. The molecule has 0 aliphatic carbocycles. The number of anilines is 1. The van der Waals surface area contributed by atoms with Crippen molar-refractivity contribution in [2.24, 2.45) is 5.73 Å². The van der Waals surface area contributed by atoms with Crippen LogP contribution in [0.2, 0.25) is 0 Å². The van der Waals surface area contributed by atoms with Gasteiger partial charge in [0.25, 0.3) is 0 Å². The zero-order chi connectivity index (χ0) is 12.3. The maximum absolute atomic E-state index is 11.0. The molecule has 0 bridgehead atoms. The molecule has 0 aliphatic rings. The molecule has 1 aromatic heterocycles. The summed E-state index contributed by atoms with van der Waals surface area (Å²) in [5.74, 6) is -0.496. The van der Waals surface area contributed by atoms with Gasteiger partial charge >= 0.3 is 0 Å². The summed E-state index contributed by atoms with van der Waals surface area (Å²) < 4.78 is 0. The van der Waals surface area contributed by atoms with Gasteiger partial charge in [0.05, 0.1) is 0 Å². The number of aromatic nitrogens is 2. The summed E-state index contributed by atoms with van der Waals surface area (Å²) in [6.45, 7) is 0. The quantitative estimate of drug-likeness (QED) is 0.629. The Morgan fingerprint density at radius 3 is 2.53 bits per heavy atom. The Kier molecular flexibility index (Phi) is 3.24. The Morgan fingerprint density at radius 1 is 1.24 bits per heavy atom. The van der Waals surface area contributed by atoms with E-state index in [0.717, 1.165) is 4.90 Å². The molecule has 0 spiro atoms. The fourth-order valence-corrected chi connectivity index (χ4v) is 1.97. The fourth-order valence-electron chi connectivity index (χ4n) is 1.23. The Balaban J connectivity index is 2.26. The highest BCUT2D eigenvalue weighted by Crippen LogP contribution is 2.29. The minimum absolute atomic E-state index is 0.390. The van der Waals surface area contributed by atoms with Gasteiger partial charge < -0.3 is 11.5 Å². The second kappa shape index (κ2) is 4.84. The SMILES string of the molecule is NC(=O)c1ccc(Sc2ncccn2)c(N)c1. The first-order valence-corrected chi connectivity index (χ1v) is 5.62. The highest BCUT2D eigenvalue weighted by molar-refractivity contribution is 7.99. The number of carbonyl (C=O) groups excluding carboxylic acids is 1. The van der Waals surface area contributed by atoms with Gasteiger partial charge in [-0.2, -0.15) is 0 Å². The van der Waals surface area contributed by atoms with Crippen molar-refractivity contribution in [2.45, 2.75) is 10.1 Å². The normalized spacial score (nSPS) is 10.1. The number of benzene rings is 1. The van der Waals surface area contributed by atoms with Gasteiger partial charge in [0, 0.05) is 28.5 Å². The summed E-state index contributed by atoms with van der Waals surface area (Å²) in [7, 11) is 0. The van der Waals surface area contributed by atoms with Gasteiger partial charge in [-0.1, -0.05) is 0 Å². The van der Waals surface area contributed by atoms with E-state index >= 15 is 0 Å². The number of hydrogen-bond acceptors (Lipinski definition) is 5. The van der Waals surface area contributed by atoms with Crippen LogP contribution in [0.1, 0.15) is 10.4 Å². The molecule has 86 valence electrons. The van der Waals surface area contributed by atoms with E-state index in [9.17, 15) is 4.79 Å². The van der Waals surface area contributed by atoms with Gasteiger partial charge in [-0.25, -0.2) is 9.97 Å². The zero-order valence-electron chi connectivity index (χ0n) is 8.83. The van der Waals surface area contributed by atoms with Crippen molar-refractivity contribution in [1.29, 1.82) is 0 Å². The Morgan fingerprint density at radius 2 is 1.94 bits per heavy atom. The average molecular weight is 246 g/mol. The monoisotopic (exact) mass is 246 g/mol. The van der Waals surface area contributed by atoms with Gasteiger partial charge in [-0.15, -0.1) is 0 Å². The number of rotatable bonds is 3. The molecule has 0 saturated heterocycles. The van der Waals surface area contributed by atoms with Gasteiger partial charge in [-0.3, -0.25) is 4.79 Å². The molecular weight excluding hydrogens is 236 g/mol. The van der Waals surface area contributed by atoms with E-state index in [1.54, 1.807) is 36.7 Å². The van der Waals surface area contributed by atoms with Crippen LogP contribution in [0.15, 0.2) is 46.7 Å². The van der Waals surface area contributed by atoms with Crippen molar-refractivity contribution in [3.63, 3.8) is 0 Å². The number of nitrogen functional groups attached to an aromatic ring is 1. The molecule has 2 rings (SSSR count). The maximum atomic E-state index is 11.0. The molecule has 0 saturated carbocycles. The molecule has 1 aromatic carbocycles. The minimum Gasteiger partial charge on any atom is -0.398 e. The minimum atomic E-state index is -0.496. The topological polar surface area (TPSA) is 94.9 Å². The number of amides is 1. The van der Waals surface area contributed by atoms with Crippen LogP contribution in [0.25, 0.3) is 0 Å². The van der Waals surface area contributed by atoms with Crippen molar-refractivity contribution in [3.05, 3.63) is 42.2 Å². The second-order valence-electron chi connectivity index (χ2n) is 3.25. The molecule has 4 N–H and O–H groups in total. The molecule has 0 unspecified atom stereocenters. The molecule has 5 nitrogen and oxygen atoms in total. The summed E-state index contributed by atoms with van der Waals surface area (Å²) in [6, 6.07) is 6.65. The summed E-state index contributed by atoms with van der Waals surface area (Å²) in [4.78, 5) is 19.9. The fraction of sp³-hybridized carbons (Fsp3) is 0. The Labute approximate surface area is 102 Å². The highest BCUT2D eigenvalue weighted by atomic mass is 32.2. The smallest absolute Gasteiger partial charge is 0.248 e. The van der Waals surface area contributed by atoms with E-state index in [1.807, 2.05) is 0 Å². The first-order chi connectivity index (χ1) is 8.16. The molecule has 0 atom stereocenters. The van der Waals surface area contributed by atoms with Crippen LogP contribution in [-0.4, -0.2) is 15.9 Å². The number of primary amides is 1. The van der Waals surface area contributed by atoms with Crippen LogP contribution < -0.4 is 11.5 Å². The molecule has 2 aromatic rings. The Bertz CT molecular complexity index is 544. The van der Waals surface area contributed by atoms with Crippen LogP contribution in [0, 0.1) is 0 Å². The van der Waals surface area contributed by atoms with Crippen LogP contribution in [0.4, 0.5) is 5.69 Å². The molecule has 1 heterocycles. The predicted octanol–water partition coefficient (Wildman–Crippen LogP) is 1.31. The van der Waals surface area contributed by atoms with Gasteiger partial charge in [0.1, 0.15) is 0 Å². The number of hydrogen-bond donors (Lipinski definition) is 2. The van der Waals surface area contributed by atoms with E-state index in [2.05, 4.69) is 9.97 Å². The summed E-state index contributed by atoms with van der Waals surface area (Å²) in [6.07, 6.45) is 3.31. The average Bonchev–Trinajstić information content (AvgIpc) is 2.33. The largest absolute Gasteiger partial charge is 0.398 e. The van der Waals surface area contributed by atoms with E-state index in [4.69, 9.17) is 11.5 Å². The number of nitrogens with zero attached hydrogens (tertiary/aromatic N) is 2. The van der Waals surface area contributed by atoms with Crippen molar-refractivity contribution < 1.29 is 4.79 Å². The lowest BCUT2D eigenvalue weighted by Crippen LogP contribution is -2.11. The van der Waals surface area contributed by atoms with Crippen molar-refractivity contribution >= 4 is 23.4 Å². The van der Waals surface area contributed by atoms with Crippen molar-refractivity contribution in [3.8, 4) is 0 Å². The molecule has 6 heteroatoms. The Hall–Kier alpha value is -2.08. The van der Waals surface area contributed by atoms with E-state index in [0.29, 0.717) is 16.4 Å². The predicted molar refractivity (Wildman–Crippen MR) is 65.5 cm³/mol. The van der Waals surface area contributed by atoms with Crippen LogP contribution >= 0.6 is 11.8 Å². The van der Waals surface area contributed by atoms with Crippen LogP contribution in [0.3, 0.4) is 0 Å². The molecule has 17 heavy (non-hydrogen) atoms. The summed E-state index contributed by atoms with van der Waals surface area (Å²) in [5.41, 5.74) is 11.9. The van der Waals surface area contributed by atoms with Gasteiger partial charge in [0.2, 0.25) is 5.91 Å². The number of carbonyl (C=O) groups is 1. The lowest BCUT2D eigenvalue weighted by molar-refractivity contribution is 0.100. The van der Waals surface area contributed by atoms with Crippen LogP contribution in [0.5, 0.6) is 0 Å². The molecule has 0 fully saturated rings. The first kappa shape index (κ1) is 11.4. The highest BCUT2D eigenvalue weighted by Gasteiger charge is 2.07. The standard InChI is InChI=1S/C11H10N4OS/c12-8-6-7(10(13)16)2-3-9(8)17-11-14-4-1-5-15-11/h1-6H,12H2,(H2,13,16). The second-order valence-corrected chi connectivity index (χ2v) is 4.26.